The van der Waals surface area contributed by atoms with Crippen molar-refractivity contribution in [3.05, 3.63) is 11.7 Å². The van der Waals surface area contributed by atoms with Crippen LogP contribution in [-0.2, 0) is 16.1 Å². The Labute approximate surface area is 136 Å². The lowest BCUT2D eigenvalue weighted by Gasteiger charge is -2.34. The second-order valence-corrected chi connectivity index (χ2v) is 7.16. The van der Waals surface area contributed by atoms with Gasteiger partial charge in [-0.3, -0.25) is 4.79 Å². The molecule has 3 aliphatic rings. The van der Waals surface area contributed by atoms with Gasteiger partial charge in [0.25, 0.3) is 0 Å². The summed E-state index contributed by atoms with van der Waals surface area (Å²) in [5.74, 6) is 2.46. The number of hydrogen-bond acceptors (Lipinski definition) is 5. The van der Waals surface area contributed by atoms with Crippen molar-refractivity contribution in [3.8, 4) is 0 Å². The molecule has 0 bridgehead atoms. The van der Waals surface area contributed by atoms with Gasteiger partial charge in [-0.2, -0.15) is 4.98 Å². The average Bonchev–Trinajstić information content (AvgIpc) is 3.11. The fourth-order valence-electron chi connectivity index (χ4n) is 3.72. The molecule has 1 atom stereocenters. The first-order valence-electron chi connectivity index (χ1n) is 9.02. The van der Waals surface area contributed by atoms with E-state index in [0.717, 1.165) is 51.0 Å². The molecule has 1 amide bonds. The minimum Gasteiger partial charge on any atom is -0.368 e. The lowest BCUT2D eigenvalue weighted by molar-refractivity contribution is -0.139. The van der Waals surface area contributed by atoms with E-state index in [1.165, 1.54) is 12.8 Å². The summed E-state index contributed by atoms with van der Waals surface area (Å²) in [6, 6.07) is 0. The molecule has 0 aromatic carbocycles. The molecule has 2 saturated carbocycles. The third-order valence-corrected chi connectivity index (χ3v) is 5.25. The van der Waals surface area contributed by atoms with Gasteiger partial charge in [-0.25, -0.2) is 0 Å². The zero-order valence-corrected chi connectivity index (χ0v) is 13.6. The molecular weight excluding hydrogens is 294 g/mol. The number of carbonyl (C=O) groups is 1. The molecule has 2 heterocycles. The van der Waals surface area contributed by atoms with Crippen LogP contribution in [0.1, 0.15) is 69.0 Å². The summed E-state index contributed by atoms with van der Waals surface area (Å²) in [7, 11) is 0. The number of hydrogen-bond donors (Lipinski definition) is 0. The molecule has 0 N–H and O–H groups in total. The molecule has 0 spiro atoms. The van der Waals surface area contributed by atoms with Crippen LogP contribution in [0.25, 0.3) is 0 Å². The van der Waals surface area contributed by atoms with Crippen LogP contribution in [0, 0.1) is 5.92 Å². The zero-order valence-electron chi connectivity index (χ0n) is 13.6. The highest BCUT2D eigenvalue weighted by atomic mass is 16.5. The van der Waals surface area contributed by atoms with Gasteiger partial charge in [0.05, 0.1) is 6.10 Å². The van der Waals surface area contributed by atoms with Gasteiger partial charge in [0, 0.05) is 24.9 Å². The minimum atomic E-state index is 0.0944. The number of likely N-dealkylation sites (tertiary alicyclic amines) is 1. The normalized spacial score (nSPS) is 25.9. The van der Waals surface area contributed by atoms with Crippen molar-refractivity contribution < 1.29 is 14.1 Å². The highest BCUT2D eigenvalue weighted by Gasteiger charge is 2.32. The van der Waals surface area contributed by atoms with E-state index in [1.54, 1.807) is 0 Å². The van der Waals surface area contributed by atoms with Crippen molar-refractivity contribution in [3.63, 3.8) is 0 Å². The summed E-state index contributed by atoms with van der Waals surface area (Å²) >= 11 is 0. The van der Waals surface area contributed by atoms with Crippen molar-refractivity contribution in [1.82, 2.24) is 15.0 Å². The van der Waals surface area contributed by atoms with Gasteiger partial charge in [0.1, 0.15) is 6.61 Å². The van der Waals surface area contributed by atoms with E-state index in [1.807, 2.05) is 4.90 Å². The molecule has 6 nitrogen and oxygen atoms in total. The Morgan fingerprint density at radius 3 is 2.78 bits per heavy atom. The number of amides is 1. The second-order valence-electron chi connectivity index (χ2n) is 7.16. The monoisotopic (exact) mass is 319 g/mol. The van der Waals surface area contributed by atoms with E-state index >= 15 is 0 Å². The van der Waals surface area contributed by atoms with Crippen LogP contribution in [0.15, 0.2) is 4.52 Å². The predicted octanol–water partition coefficient (Wildman–Crippen LogP) is 2.64. The van der Waals surface area contributed by atoms with Gasteiger partial charge in [-0.15, -0.1) is 0 Å². The Morgan fingerprint density at radius 1 is 1.17 bits per heavy atom. The molecule has 3 fully saturated rings. The van der Waals surface area contributed by atoms with Crippen molar-refractivity contribution in [2.75, 3.05) is 13.1 Å². The molecule has 1 unspecified atom stereocenters. The summed E-state index contributed by atoms with van der Waals surface area (Å²) in [6.07, 6.45) is 8.95. The standard InChI is InChI=1S/C17H25N3O3/c21-17(13-4-1-2-5-13)20-9-3-6-14(10-20)22-11-15-18-16(23-19-15)12-7-8-12/h12-14H,1-11H2. The Hall–Kier alpha value is -1.43. The topological polar surface area (TPSA) is 68.5 Å². The van der Waals surface area contributed by atoms with Crippen molar-refractivity contribution in [1.29, 1.82) is 0 Å². The highest BCUT2D eigenvalue weighted by molar-refractivity contribution is 5.79. The Kier molecular flexibility index (Phi) is 4.33. The molecular formula is C17H25N3O3. The first kappa shape index (κ1) is 15.1. The average molecular weight is 319 g/mol. The summed E-state index contributed by atoms with van der Waals surface area (Å²) < 4.78 is 11.2. The third-order valence-electron chi connectivity index (χ3n) is 5.25. The van der Waals surface area contributed by atoms with Gasteiger partial charge in [-0.1, -0.05) is 18.0 Å². The SMILES string of the molecule is O=C(C1CCCC1)N1CCCC(OCc2noc(C3CC3)n2)C1. The molecule has 4 rings (SSSR count). The Bertz CT molecular complexity index is 549. The van der Waals surface area contributed by atoms with E-state index in [2.05, 4.69) is 10.1 Å². The number of carbonyl (C=O) groups excluding carboxylic acids is 1. The maximum atomic E-state index is 12.5. The van der Waals surface area contributed by atoms with Crippen molar-refractivity contribution in [2.45, 2.75) is 70.0 Å². The second kappa shape index (κ2) is 6.59. The van der Waals surface area contributed by atoms with Crippen LogP contribution in [0.5, 0.6) is 0 Å². The maximum absolute atomic E-state index is 12.5. The summed E-state index contributed by atoms with van der Waals surface area (Å²) in [4.78, 5) is 18.9. The first-order chi connectivity index (χ1) is 11.3. The highest BCUT2D eigenvalue weighted by Crippen LogP contribution is 2.38. The molecule has 23 heavy (non-hydrogen) atoms. The lowest BCUT2D eigenvalue weighted by Crippen LogP contribution is -2.45. The number of aromatic nitrogens is 2. The molecule has 2 aliphatic carbocycles. The van der Waals surface area contributed by atoms with E-state index in [4.69, 9.17) is 9.26 Å². The lowest BCUT2D eigenvalue weighted by atomic mass is 10.0. The molecule has 1 saturated heterocycles. The predicted molar refractivity (Wildman–Crippen MR) is 82.6 cm³/mol. The fraction of sp³-hybridized carbons (Fsp3) is 0.824. The van der Waals surface area contributed by atoms with E-state index < -0.39 is 0 Å². The zero-order chi connectivity index (χ0) is 15.6. The number of nitrogens with zero attached hydrogens (tertiary/aromatic N) is 3. The van der Waals surface area contributed by atoms with Crippen LogP contribution >= 0.6 is 0 Å². The number of rotatable bonds is 5. The van der Waals surface area contributed by atoms with E-state index in [0.29, 0.717) is 30.8 Å². The molecule has 1 aromatic heterocycles. The Balaban J connectivity index is 1.27. The molecule has 1 aromatic rings. The van der Waals surface area contributed by atoms with Gasteiger partial charge in [0.2, 0.25) is 11.8 Å². The smallest absolute Gasteiger partial charge is 0.229 e. The van der Waals surface area contributed by atoms with Crippen LogP contribution in [0.2, 0.25) is 0 Å². The largest absolute Gasteiger partial charge is 0.368 e. The Morgan fingerprint density at radius 2 is 2.00 bits per heavy atom. The van der Waals surface area contributed by atoms with Crippen LogP contribution in [0.4, 0.5) is 0 Å². The first-order valence-corrected chi connectivity index (χ1v) is 9.02. The number of ether oxygens (including phenoxy) is 1. The third kappa shape index (κ3) is 3.57. The van der Waals surface area contributed by atoms with Gasteiger partial charge < -0.3 is 14.2 Å². The van der Waals surface area contributed by atoms with Crippen LogP contribution in [0.3, 0.4) is 0 Å². The van der Waals surface area contributed by atoms with Gasteiger partial charge >= 0.3 is 0 Å². The fourth-order valence-corrected chi connectivity index (χ4v) is 3.72. The quantitative estimate of drug-likeness (QED) is 0.834. The van der Waals surface area contributed by atoms with Crippen molar-refractivity contribution >= 4 is 5.91 Å². The summed E-state index contributed by atoms with van der Waals surface area (Å²) in [5.41, 5.74) is 0. The number of piperidine rings is 1. The molecule has 6 heteroatoms. The molecule has 126 valence electrons. The molecule has 1 aliphatic heterocycles. The maximum Gasteiger partial charge on any atom is 0.229 e. The van der Waals surface area contributed by atoms with Gasteiger partial charge in [0.15, 0.2) is 5.82 Å². The van der Waals surface area contributed by atoms with E-state index in [9.17, 15) is 4.79 Å². The van der Waals surface area contributed by atoms with Crippen LogP contribution < -0.4 is 0 Å². The summed E-state index contributed by atoms with van der Waals surface area (Å²) in [5, 5.41) is 3.99. The van der Waals surface area contributed by atoms with Crippen LogP contribution in [-0.4, -0.2) is 40.1 Å². The van der Waals surface area contributed by atoms with E-state index in [-0.39, 0.29) is 12.0 Å². The minimum absolute atomic E-state index is 0.0944. The van der Waals surface area contributed by atoms with Gasteiger partial charge in [-0.05, 0) is 38.5 Å². The molecule has 0 radical (unpaired) electrons. The van der Waals surface area contributed by atoms with Crippen molar-refractivity contribution in [2.24, 2.45) is 5.92 Å². The summed E-state index contributed by atoms with van der Waals surface area (Å²) in [6.45, 7) is 1.97.